The highest BCUT2D eigenvalue weighted by molar-refractivity contribution is 4.43. The first-order valence-electron chi connectivity index (χ1n) is 5.45. The van der Waals surface area contributed by atoms with E-state index in [-0.39, 0.29) is 0 Å². The van der Waals surface area contributed by atoms with E-state index in [1.54, 1.807) is 0 Å². The summed E-state index contributed by atoms with van der Waals surface area (Å²) in [6, 6.07) is 0. The molecule has 0 saturated heterocycles. The number of aliphatic hydroxyl groups is 1. The zero-order chi connectivity index (χ0) is 10.7. The molecular formula is C11H27NO. The monoisotopic (exact) mass is 189 g/mol. The first-order valence-corrected chi connectivity index (χ1v) is 5.45. The van der Waals surface area contributed by atoms with Crippen LogP contribution in [0.1, 0.15) is 41.0 Å². The van der Waals surface area contributed by atoms with Crippen molar-refractivity contribution in [3.63, 3.8) is 0 Å². The summed E-state index contributed by atoms with van der Waals surface area (Å²) in [5.41, 5.74) is 0. The van der Waals surface area contributed by atoms with Gasteiger partial charge in [-0.05, 0) is 32.0 Å². The second-order valence-corrected chi connectivity index (χ2v) is 3.53. The maximum Gasteiger partial charge on any atom is 0.0433 e. The van der Waals surface area contributed by atoms with Gasteiger partial charge in [0.2, 0.25) is 0 Å². The maximum atomic E-state index is 8.24. The lowest BCUT2D eigenvalue weighted by Crippen LogP contribution is -2.21. The lowest BCUT2D eigenvalue weighted by atomic mass is 10.2. The molecule has 2 nitrogen and oxygen atoms in total. The Balaban J connectivity index is 0. The fourth-order valence-corrected chi connectivity index (χ4v) is 0.929. The van der Waals surface area contributed by atoms with Crippen LogP contribution in [0.3, 0.4) is 0 Å². The lowest BCUT2D eigenvalue weighted by Gasteiger charge is -2.13. The molecule has 0 aliphatic carbocycles. The first-order chi connectivity index (χ1) is 6.12. The van der Waals surface area contributed by atoms with E-state index in [0.29, 0.717) is 12.5 Å². The Bertz CT molecular complexity index is 74.6. The van der Waals surface area contributed by atoms with Crippen LogP contribution < -0.4 is 0 Å². The van der Waals surface area contributed by atoms with E-state index in [0.717, 1.165) is 6.42 Å². The third-order valence-electron chi connectivity index (χ3n) is 2.05. The van der Waals surface area contributed by atoms with Crippen LogP contribution in [0.2, 0.25) is 0 Å². The average Bonchev–Trinajstić information content (AvgIpc) is 2.08. The molecule has 82 valence electrons. The van der Waals surface area contributed by atoms with E-state index < -0.39 is 0 Å². The molecule has 0 radical (unpaired) electrons. The Kier molecular flexibility index (Phi) is 14.1. The molecule has 2 heteroatoms. The predicted octanol–water partition coefficient (Wildman–Crippen LogP) is 2.37. The minimum absolute atomic E-state index is 0.331. The van der Waals surface area contributed by atoms with E-state index in [1.165, 1.54) is 19.6 Å². The van der Waals surface area contributed by atoms with Gasteiger partial charge in [-0.25, -0.2) is 0 Å². The molecule has 0 spiro atoms. The third-order valence-corrected chi connectivity index (χ3v) is 2.05. The molecule has 0 aliphatic heterocycles. The highest BCUT2D eigenvalue weighted by atomic mass is 16.2. The van der Waals surface area contributed by atoms with Crippen molar-refractivity contribution >= 4 is 0 Å². The van der Waals surface area contributed by atoms with Gasteiger partial charge in [0.1, 0.15) is 0 Å². The Labute approximate surface area is 83.9 Å². The first kappa shape index (κ1) is 15.4. The van der Waals surface area contributed by atoms with Crippen molar-refractivity contribution in [3.05, 3.63) is 0 Å². The van der Waals surface area contributed by atoms with Crippen LogP contribution in [0.15, 0.2) is 0 Å². The molecule has 0 unspecified atom stereocenters. The van der Waals surface area contributed by atoms with Crippen LogP contribution in [0.4, 0.5) is 0 Å². The molecule has 13 heavy (non-hydrogen) atoms. The number of hydrogen-bond donors (Lipinski definition) is 1. The minimum atomic E-state index is 0.331. The lowest BCUT2D eigenvalue weighted by molar-refractivity contribution is 0.268. The fourth-order valence-electron chi connectivity index (χ4n) is 0.929. The number of nitrogens with zero attached hydrogens (tertiary/aromatic N) is 1. The van der Waals surface area contributed by atoms with Crippen LogP contribution in [0.25, 0.3) is 0 Å². The summed E-state index contributed by atoms with van der Waals surface area (Å²) in [6.45, 7) is 14.6. The topological polar surface area (TPSA) is 23.5 Å². The minimum Gasteiger partial charge on any atom is -0.396 e. The van der Waals surface area contributed by atoms with Crippen molar-refractivity contribution < 1.29 is 5.11 Å². The van der Waals surface area contributed by atoms with Crippen LogP contribution in [0, 0.1) is 5.92 Å². The molecule has 0 aromatic carbocycles. The molecule has 0 heterocycles. The summed E-state index contributed by atoms with van der Waals surface area (Å²) in [4.78, 5) is 2.38. The molecular weight excluding hydrogens is 162 g/mol. The summed E-state index contributed by atoms with van der Waals surface area (Å²) in [7, 11) is 0. The third kappa shape index (κ3) is 14.7. The Morgan fingerprint density at radius 2 is 1.38 bits per heavy atom. The van der Waals surface area contributed by atoms with Gasteiger partial charge in [0.15, 0.2) is 0 Å². The van der Waals surface area contributed by atoms with Gasteiger partial charge in [-0.3, -0.25) is 0 Å². The molecule has 0 rings (SSSR count). The average molecular weight is 189 g/mol. The van der Waals surface area contributed by atoms with Crippen LogP contribution in [-0.2, 0) is 0 Å². The van der Waals surface area contributed by atoms with Crippen molar-refractivity contribution in [2.75, 3.05) is 26.2 Å². The smallest absolute Gasteiger partial charge is 0.0433 e. The van der Waals surface area contributed by atoms with E-state index >= 15 is 0 Å². The summed E-state index contributed by atoms with van der Waals surface area (Å²) in [6.07, 6.45) is 0.931. The molecule has 0 fully saturated rings. The highest BCUT2D eigenvalue weighted by Crippen LogP contribution is 1.94. The molecule has 0 saturated carbocycles. The van der Waals surface area contributed by atoms with Gasteiger partial charge >= 0.3 is 0 Å². The van der Waals surface area contributed by atoms with Crippen molar-refractivity contribution in [2.24, 2.45) is 5.92 Å². The van der Waals surface area contributed by atoms with Crippen molar-refractivity contribution in [1.29, 1.82) is 0 Å². The van der Waals surface area contributed by atoms with Crippen LogP contribution in [0.5, 0.6) is 0 Å². The van der Waals surface area contributed by atoms with E-state index in [1.807, 2.05) is 0 Å². The van der Waals surface area contributed by atoms with Gasteiger partial charge in [-0.15, -0.1) is 0 Å². The van der Waals surface area contributed by atoms with Gasteiger partial charge in [0.05, 0.1) is 0 Å². The van der Waals surface area contributed by atoms with E-state index in [9.17, 15) is 0 Å². The standard InChI is InChI=1S/C6H15N.C5H12O/c1-4-7(5-2)6-3;1-5(2)3-4-6/h4-6H2,1-3H3;5-6H,3-4H2,1-2H3. The Morgan fingerprint density at radius 3 is 1.38 bits per heavy atom. The van der Waals surface area contributed by atoms with Gasteiger partial charge in [-0.2, -0.15) is 0 Å². The van der Waals surface area contributed by atoms with Gasteiger partial charge in [-0.1, -0.05) is 34.6 Å². The van der Waals surface area contributed by atoms with Gasteiger partial charge < -0.3 is 10.0 Å². The molecule has 0 atom stereocenters. The largest absolute Gasteiger partial charge is 0.396 e. The predicted molar refractivity (Wildman–Crippen MR) is 60.0 cm³/mol. The Morgan fingerprint density at radius 1 is 1.00 bits per heavy atom. The molecule has 0 amide bonds. The molecule has 0 aromatic heterocycles. The maximum absolute atomic E-state index is 8.24. The molecule has 0 aliphatic rings. The molecule has 1 N–H and O–H groups in total. The highest BCUT2D eigenvalue weighted by Gasteiger charge is 1.89. The summed E-state index contributed by atoms with van der Waals surface area (Å²) >= 11 is 0. The zero-order valence-corrected chi connectivity index (χ0v) is 10.0. The van der Waals surface area contributed by atoms with Gasteiger partial charge in [0, 0.05) is 6.61 Å². The Hall–Kier alpha value is -0.0800. The molecule has 0 bridgehead atoms. The van der Waals surface area contributed by atoms with E-state index in [4.69, 9.17) is 5.11 Å². The zero-order valence-electron chi connectivity index (χ0n) is 10.0. The fraction of sp³-hybridized carbons (Fsp3) is 1.00. The van der Waals surface area contributed by atoms with Crippen molar-refractivity contribution in [2.45, 2.75) is 41.0 Å². The van der Waals surface area contributed by atoms with Crippen LogP contribution >= 0.6 is 0 Å². The van der Waals surface area contributed by atoms with Crippen LogP contribution in [-0.4, -0.2) is 36.2 Å². The van der Waals surface area contributed by atoms with Crippen molar-refractivity contribution in [3.8, 4) is 0 Å². The molecule has 0 aromatic rings. The second-order valence-electron chi connectivity index (χ2n) is 3.53. The summed E-state index contributed by atoms with van der Waals surface area (Å²) in [5.74, 6) is 0.648. The number of aliphatic hydroxyl groups excluding tert-OH is 1. The second kappa shape index (κ2) is 11.9. The summed E-state index contributed by atoms with van der Waals surface area (Å²) in [5, 5.41) is 8.24. The van der Waals surface area contributed by atoms with Gasteiger partial charge in [0.25, 0.3) is 0 Å². The SMILES string of the molecule is CC(C)CCO.CCN(CC)CC. The quantitative estimate of drug-likeness (QED) is 0.718. The van der Waals surface area contributed by atoms with E-state index in [2.05, 4.69) is 39.5 Å². The normalized spacial score (nSPS) is 10.2. The number of hydrogen-bond acceptors (Lipinski definition) is 2. The number of rotatable bonds is 5. The van der Waals surface area contributed by atoms with Crippen molar-refractivity contribution in [1.82, 2.24) is 4.90 Å². The summed E-state index contributed by atoms with van der Waals surface area (Å²) < 4.78 is 0.